The lowest BCUT2D eigenvalue weighted by atomic mass is 9.69. The van der Waals surface area contributed by atoms with Crippen molar-refractivity contribution in [3.05, 3.63) is 35.9 Å². The van der Waals surface area contributed by atoms with Crippen molar-refractivity contribution in [1.29, 1.82) is 0 Å². The molecule has 1 nitrogen and oxygen atoms in total. The minimum atomic E-state index is 0.493. The highest BCUT2D eigenvalue weighted by Crippen LogP contribution is 2.65. The van der Waals surface area contributed by atoms with Gasteiger partial charge in [0.15, 0.2) is 0 Å². The van der Waals surface area contributed by atoms with Crippen LogP contribution in [-0.4, -0.2) is 6.04 Å². The van der Waals surface area contributed by atoms with Gasteiger partial charge in [0, 0.05) is 12.6 Å². The van der Waals surface area contributed by atoms with Gasteiger partial charge in [-0.3, -0.25) is 0 Å². The summed E-state index contributed by atoms with van der Waals surface area (Å²) in [6.07, 6.45) is 4.21. The molecular weight excluding hydrogens is 218 g/mol. The Labute approximate surface area is 111 Å². The Hall–Kier alpha value is -0.820. The van der Waals surface area contributed by atoms with E-state index in [1.807, 2.05) is 0 Å². The molecule has 1 N–H and O–H groups in total. The van der Waals surface area contributed by atoms with Gasteiger partial charge in [0.05, 0.1) is 0 Å². The standard InChI is InChI=1S/C17H25N/c1-16(2)14-9-10-17(16,3)15(11-14)18-12-13-7-5-4-6-8-13/h4-8,14-15,18H,9-12H2,1-3H3/t14-,15-,17-/m1/s1. The van der Waals surface area contributed by atoms with Crippen LogP contribution in [0.3, 0.4) is 0 Å². The molecule has 0 aromatic heterocycles. The molecule has 0 amide bonds. The molecule has 1 heteroatoms. The van der Waals surface area contributed by atoms with Crippen molar-refractivity contribution >= 4 is 0 Å². The highest BCUT2D eigenvalue weighted by Gasteiger charge is 2.60. The average molecular weight is 243 g/mol. The van der Waals surface area contributed by atoms with Crippen LogP contribution in [0.15, 0.2) is 30.3 Å². The number of fused-ring (bicyclic) bond motifs is 2. The number of hydrogen-bond acceptors (Lipinski definition) is 1. The Morgan fingerprint density at radius 2 is 1.89 bits per heavy atom. The Morgan fingerprint density at radius 3 is 2.44 bits per heavy atom. The summed E-state index contributed by atoms with van der Waals surface area (Å²) in [6.45, 7) is 8.48. The molecule has 2 bridgehead atoms. The fourth-order valence-electron chi connectivity index (χ4n) is 4.35. The van der Waals surface area contributed by atoms with Crippen molar-refractivity contribution in [2.45, 2.75) is 52.6 Å². The maximum absolute atomic E-state index is 3.83. The van der Waals surface area contributed by atoms with Gasteiger partial charge in [-0.25, -0.2) is 0 Å². The SMILES string of the molecule is CC1(C)[C@@H]2CC[C@]1(C)[C@H](NCc1ccccc1)C2. The van der Waals surface area contributed by atoms with Crippen LogP contribution in [0.4, 0.5) is 0 Å². The molecule has 2 aliphatic rings. The van der Waals surface area contributed by atoms with Crippen LogP contribution in [0, 0.1) is 16.7 Å². The van der Waals surface area contributed by atoms with Gasteiger partial charge in [-0.15, -0.1) is 0 Å². The molecule has 0 unspecified atom stereocenters. The van der Waals surface area contributed by atoms with Gasteiger partial charge in [-0.1, -0.05) is 51.1 Å². The van der Waals surface area contributed by atoms with Crippen molar-refractivity contribution in [1.82, 2.24) is 5.32 Å². The third-order valence-electron chi connectivity index (χ3n) is 6.19. The first kappa shape index (κ1) is 12.2. The molecule has 18 heavy (non-hydrogen) atoms. The van der Waals surface area contributed by atoms with Gasteiger partial charge in [0.1, 0.15) is 0 Å². The molecule has 1 aromatic carbocycles. The van der Waals surface area contributed by atoms with Crippen LogP contribution in [0.2, 0.25) is 0 Å². The minimum absolute atomic E-state index is 0.493. The summed E-state index contributed by atoms with van der Waals surface area (Å²) in [5.74, 6) is 0.927. The Morgan fingerprint density at radius 1 is 1.17 bits per heavy atom. The van der Waals surface area contributed by atoms with Crippen molar-refractivity contribution in [3.8, 4) is 0 Å². The van der Waals surface area contributed by atoms with Gasteiger partial charge in [0.2, 0.25) is 0 Å². The molecule has 0 spiro atoms. The first-order valence-corrected chi connectivity index (χ1v) is 7.31. The van der Waals surface area contributed by atoms with Gasteiger partial charge < -0.3 is 5.32 Å². The summed E-state index contributed by atoms with van der Waals surface area (Å²) < 4.78 is 0. The van der Waals surface area contributed by atoms with E-state index in [9.17, 15) is 0 Å². The zero-order valence-corrected chi connectivity index (χ0v) is 11.9. The largest absolute Gasteiger partial charge is 0.309 e. The fraction of sp³-hybridized carbons (Fsp3) is 0.647. The maximum atomic E-state index is 3.83. The number of rotatable bonds is 3. The zero-order chi connectivity index (χ0) is 12.8. The predicted octanol–water partition coefficient (Wildman–Crippen LogP) is 3.99. The summed E-state index contributed by atoms with van der Waals surface area (Å²) >= 11 is 0. The van der Waals surface area contributed by atoms with E-state index in [0.717, 1.165) is 12.5 Å². The lowest BCUT2D eigenvalue weighted by molar-refractivity contribution is 0.120. The average Bonchev–Trinajstić information content (AvgIpc) is 2.70. The second-order valence-corrected chi connectivity index (χ2v) is 7.03. The molecule has 0 aliphatic heterocycles. The Kier molecular flexibility index (Phi) is 2.78. The molecule has 1 aromatic rings. The van der Waals surface area contributed by atoms with Crippen LogP contribution >= 0.6 is 0 Å². The maximum Gasteiger partial charge on any atom is 0.0208 e. The fourth-order valence-corrected chi connectivity index (χ4v) is 4.35. The molecule has 98 valence electrons. The third-order valence-corrected chi connectivity index (χ3v) is 6.19. The number of benzene rings is 1. The molecule has 2 saturated carbocycles. The van der Waals surface area contributed by atoms with Gasteiger partial charge in [-0.05, 0) is 41.6 Å². The van der Waals surface area contributed by atoms with Crippen LogP contribution in [-0.2, 0) is 6.54 Å². The molecule has 0 saturated heterocycles. The number of hydrogen-bond donors (Lipinski definition) is 1. The topological polar surface area (TPSA) is 12.0 Å². The summed E-state index contributed by atoms with van der Waals surface area (Å²) in [6, 6.07) is 11.5. The van der Waals surface area contributed by atoms with E-state index >= 15 is 0 Å². The molecule has 0 radical (unpaired) electrons. The predicted molar refractivity (Wildman–Crippen MR) is 76.3 cm³/mol. The van der Waals surface area contributed by atoms with Crippen LogP contribution in [0.5, 0.6) is 0 Å². The summed E-state index contributed by atoms with van der Waals surface area (Å²) in [4.78, 5) is 0. The molecular formula is C17H25N. The minimum Gasteiger partial charge on any atom is -0.309 e. The normalized spacial score (nSPS) is 37.1. The Bertz CT molecular complexity index is 422. The van der Waals surface area contributed by atoms with E-state index in [1.165, 1.54) is 24.8 Å². The highest BCUT2D eigenvalue weighted by molar-refractivity contribution is 5.17. The highest BCUT2D eigenvalue weighted by atomic mass is 15.0. The lowest BCUT2D eigenvalue weighted by Crippen LogP contribution is -2.44. The third kappa shape index (κ3) is 1.64. The van der Waals surface area contributed by atoms with Crippen molar-refractivity contribution in [2.75, 3.05) is 0 Å². The van der Waals surface area contributed by atoms with E-state index in [1.54, 1.807) is 0 Å². The first-order chi connectivity index (χ1) is 8.54. The summed E-state index contributed by atoms with van der Waals surface area (Å²) in [5.41, 5.74) is 2.41. The van der Waals surface area contributed by atoms with E-state index in [2.05, 4.69) is 56.4 Å². The Balaban J connectivity index is 1.69. The summed E-state index contributed by atoms with van der Waals surface area (Å²) in [5, 5.41) is 3.83. The molecule has 2 fully saturated rings. The summed E-state index contributed by atoms with van der Waals surface area (Å²) in [7, 11) is 0. The lowest BCUT2D eigenvalue weighted by Gasteiger charge is -2.39. The van der Waals surface area contributed by atoms with Crippen LogP contribution in [0.25, 0.3) is 0 Å². The molecule has 0 heterocycles. The van der Waals surface area contributed by atoms with Crippen molar-refractivity contribution in [3.63, 3.8) is 0 Å². The van der Waals surface area contributed by atoms with Gasteiger partial charge in [-0.2, -0.15) is 0 Å². The monoisotopic (exact) mass is 243 g/mol. The molecule has 2 aliphatic carbocycles. The van der Waals surface area contributed by atoms with E-state index in [-0.39, 0.29) is 0 Å². The second-order valence-electron chi connectivity index (χ2n) is 7.03. The van der Waals surface area contributed by atoms with Crippen LogP contribution < -0.4 is 5.32 Å². The smallest absolute Gasteiger partial charge is 0.0208 e. The second kappa shape index (κ2) is 4.09. The number of nitrogens with one attached hydrogen (secondary N) is 1. The van der Waals surface area contributed by atoms with Gasteiger partial charge in [0.25, 0.3) is 0 Å². The molecule has 3 atom stereocenters. The van der Waals surface area contributed by atoms with E-state index in [0.29, 0.717) is 16.9 Å². The van der Waals surface area contributed by atoms with E-state index in [4.69, 9.17) is 0 Å². The first-order valence-electron chi connectivity index (χ1n) is 7.31. The van der Waals surface area contributed by atoms with Crippen molar-refractivity contribution < 1.29 is 0 Å². The van der Waals surface area contributed by atoms with Crippen LogP contribution in [0.1, 0.15) is 45.6 Å². The van der Waals surface area contributed by atoms with E-state index < -0.39 is 0 Å². The van der Waals surface area contributed by atoms with Gasteiger partial charge >= 0.3 is 0 Å². The molecule has 3 rings (SSSR count). The quantitative estimate of drug-likeness (QED) is 0.846. The van der Waals surface area contributed by atoms with Crippen molar-refractivity contribution in [2.24, 2.45) is 16.7 Å². The zero-order valence-electron chi connectivity index (χ0n) is 11.9.